The molecule has 0 aliphatic carbocycles. The average Bonchev–Trinajstić information content (AvgIpc) is 3.57. The van der Waals surface area contributed by atoms with Crippen LogP contribution in [0.1, 0.15) is 86.8 Å². The highest BCUT2D eigenvalue weighted by Crippen LogP contribution is 2.37. The van der Waals surface area contributed by atoms with E-state index in [-0.39, 0.29) is 53.3 Å². The molecule has 2 aliphatic heterocycles. The number of carbonyl (C=O) groups is 4. The number of hydrogen-bond donors (Lipinski definition) is 0. The fourth-order valence-corrected chi connectivity index (χ4v) is 8.13. The maximum Gasteiger partial charge on any atom is 0.266 e. The Morgan fingerprint density at radius 1 is 0.483 bits per heavy atom. The van der Waals surface area contributed by atoms with Crippen molar-refractivity contribution in [2.75, 3.05) is 11.9 Å². The van der Waals surface area contributed by atoms with E-state index in [1.165, 1.54) is 37.4 Å². The number of imide groups is 2. The van der Waals surface area contributed by atoms with Gasteiger partial charge in [-0.15, -0.1) is 0 Å². The van der Waals surface area contributed by atoms with Gasteiger partial charge >= 0.3 is 0 Å². The van der Waals surface area contributed by atoms with E-state index in [9.17, 15) is 27.6 Å². The third kappa shape index (κ3) is 7.05. The fourth-order valence-electron chi connectivity index (χ4n) is 6.87. The van der Waals surface area contributed by atoms with Crippen LogP contribution in [0.4, 0.5) is 5.69 Å². The quantitative estimate of drug-likeness (QED) is 0.132. The number of anilines is 1. The third-order valence-electron chi connectivity index (χ3n) is 10.3. The summed E-state index contributed by atoms with van der Waals surface area (Å²) in [6.45, 7) is 6.07. The summed E-state index contributed by atoms with van der Waals surface area (Å²) >= 11 is 0. The lowest BCUT2D eigenvalue weighted by atomic mass is 9.78. The number of sulfone groups is 1. The third-order valence-corrected chi connectivity index (χ3v) is 12.1. The van der Waals surface area contributed by atoms with E-state index >= 15 is 0 Å². The van der Waals surface area contributed by atoms with Crippen LogP contribution in [0, 0.1) is 6.92 Å². The molecule has 2 aliphatic rings. The Kier molecular flexibility index (Phi) is 10.7. The number of fused-ring (bicyclic) bond motifs is 2. The summed E-state index contributed by atoms with van der Waals surface area (Å²) in [5.74, 6) is 0.215. The van der Waals surface area contributed by atoms with Gasteiger partial charge in [0, 0.05) is 12.5 Å². The van der Waals surface area contributed by atoms with Gasteiger partial charge in [-0.05, 0) is 115 Å². The summed E-state index contributed by atoms with van der Waals surface area (Å²) in [6.07, 6.45) is 0. The molecule has 294 valence electrons. The molecule has 0 aromatic heterocycles. The molecule has 6 aromatic rings. The first kappa shape index (κ1) is 40.8. The molecule has 8 rings (SSSR count). The summed E-state index contributed by atoms with van der Waals surface area (Å²) in [5, 5.41) is 0. The highest BCUT2D eigenvalue weighted by Gasteiger charge is 2.37. The Morgan fingerprint density at radius 3 is 1.34 bits per heavy atom. The molecular weight excluding hydrogens is 753 g/mol. The molecular formula is C47H42N2O8S. The van der Waals surface area contributed by atoms with Gasteiger partial charge in [0.25, 0.3) is 23.6 Å². The van der Waals surface area contributed by atoms with Crippen LogP contribution in [-0.2, 0) is 15.3 Å². The molecule has 10 nitrogen and oxygen atoms in total. The normalized spacial score (nSPS) is 13.4. The minimum Gasteiger partial charge on any atom is -0.457 e. The fraction of sp³-hybridized carbons (Fsp3) is 0.149. The van der Waals surface area contributed by atoms with Gasteiger partial charge in [-0.2, -0.15) is 0 Å². The highest BCUT2D eigenvalue weighted by atomic mass is 32.2. The number of rotatable bonds is 9. The van der Waals surface area contributed by atoms with E-state index in [1.54, 1.807) is 54.6 Å². The standard InChI is InChI=1S/C45H34N2O8S.2CH4/c1-27-5-19-35(20-6-27)56(52,53)36-21-11-30(12-22-36)47-43(50)38-24-18-34(26-40(38)44(47)51)55-32-15-9-29(10-16-32)45(2,3)28-7-13-31(14-8-28)54-33-17-23-37-39(25-33)42(49)46(4)41(37)48;;/h5-26H,1-4H3;2*1H4. The van der Waals surface area contributed by atoms with E-state index < -0.39 is 27.1 Å². The molecule has 11 heteroatoms. The van der Waals surface area contributed by atoms with Crippen molar-refractivity contribution >= 4 is 39.2 Å². The summed E-state index contributed by atoms with van der Waals surface area (Å²) in [6, 6.07) is 37.1. The van der Waals surface area contributed by atoms with Gasteiger partial charge in [-0.1, -0.05) is 70.7 Å². The number of benzene rings is 6. The largest absolute Gasteiger partial charge is 0.457 e. The van der Waals surface area contributed by atoms with E-state index in [1.807, 2.05) is 55.5 Å². The van der Waals surface area contributed by atoms with Crippen molar-refractivity contribution < 1.29 is 37.1 Å². The van der Waals surface area contributed by atoms with Crippen molar-refractivity contribution in [3.05, 3.63) is 172 Å². The Balaban J connectivity index is 0.00000283. The molecule has 58 heavy (non-hydrogen) atoms. The summed E-state index contributed by atoms with van der Waals surface area (Å²) in [4.78, 5) is 53.8. The van der Waals surface area contributed by atoms with Crippen molar-refractivity contribution in [3.8, 4) is 23.0 Å². The first-order valence-electron chi connectivity index (χ1n) is 17.7. The zero-order valence-corrected chi connectivity index (χ0v) is 31.6. The lowest BCUT2D eigenvalue weighted by Gasteiger charge is -2.26. The first-order valence-corrected chi connectivity index (χ1v) is 19.2. The van der Waals surface area contributed by atoms with Crippen molar-refractivity contribution in [2.24, 2.45) is 0 Å². The molecule has 0 fully saturated rings. The van der Waals surface area contributed by atoms with Gasteiger partial charge in [0.05, 0.1) is 37.7 Å². The predicted octanol–water partition coefficient (Wildman–Crippen LogP) is 10.0. The number of hydrogen-bond acceptors (Lipinski definition) is 8. The number of aryl methyl sites for hydroxylation is 1. The van der Waals surface area contributed by atoms with E-state index in [2.05, 4.69) is 13.8 Å². The minimum atomic E-state index is -3.78. The van der Waals surface area contributed by atoms with Crippen LogP contribution < -0.4 is 14.4 Å². The van der Waals surface area contributed by atoms with Crippen LogP contribution in [0.25, 0.3) is 0 Å². The maximum absolute atomic E-state index is 13.5. The Labute approximate surface area is 338 Å². The molecule has 0 N–H and O–H groups in total. The Hall–Kier alpha value is -6.85. The number of ether oxygens (including phenoxy) is 2. The summed E-state index contributed by atoms with van der Waals surface area (Å²) < 4.78 is 38.4. The molecule has 0 spiro atoms. The van der Waals surface area contributed by atoms with Crippen LogP contribution in [0.5, 0.6) is 23.0 Å². The molecule has 0 bridgehead atoms. The van der Waals surface area contributed by atoms with Crippen LogP contribution in [0.15, 0.2) is 143 Å². The number of amides is 4. The van der Waals surface area contributed by atoms with Gasteiger partial charge in [0.15, 0.2) is 0 Å². The molecule has 0 radical (unpaired) electrons. The second-order valence-electron chi connectivity index (χ2n) is 14.2. The monoisotopic (exact) mass is 794 g/mol. The second kappa shape index (κ2) is 15.2. The van der Waals surface area contributed by atoms with Crippen LogP contribution in [0.2, 0.25) is 0 Å². The Bertz CT molecular complexity index is 2710. The minimum absolute atomic E-state index is 0. The van der Waals surface area contributed by atoms with Crippen molar-refractivity contribution in [1.82, 2.24) is 4.90 Å². The van der Waals surface area contributed by atoms with Crippen molar-refractivity contribution in [2.45, 2.75) is 50.8 Å². The molecule has 2 heterocycles. The maximum atomic E-state index is 13.5. The number of nitrogens with zero attached hydrogens (tertiary/aromatic N) is 2. The molecule has 0 atom stereocenters. The first-order chi connectivity index (χ1) is 26.7. The van der Waals surface area contributed by atoms with Gasteiger partial charge < -0.3 is 9.47 Å². The molecule has 6 aromatic carbocycles. The zero-order valence-electron chi connectivity index (χ0n) is 30.8. The molecule has 4 amide bonds. The molecule has 0 saturated heterocycles. The molecule has 0 saturated carbocycles. The van der Waals surface area contributed by atoms with Crippen molar-refractivity contribution in [1.29, 1.82) is 0 Å². The van der Waals surface area contributed by atoms with E-state index in [0.717, 1.165) is 26.5 Å². The second-order valence-corrected chi connectivity index (χ2v) is 16.2. The zero-order chi connectivity index (χ0) is 39.5. The lowest BCUT2D eigenvalue weighted by Crippen LogP contribution is -2.29. The van der Waals surface area contributed by atoms with Crippen LogP contribution >= 0.6 is 0 Å². The van der Waals surface area contributed by atoms with Crippen molar-refractivity contribution in [3.63, 3.8) is 0 Å². The lowest BCUT2D eigenvalue weighted by molar-refractivity contribution is 0.0692. The smallest absolute Gasteiger partial charge is 0.266 e. The van der Waals surface area contributed by atoms with Crippen LogP contribution in [-0.4, -0.2) is 44.0 Å². The number of carbonyl (C=O) groups excluding carboxylic acids is 4. The van der Waals surface area contributed by atoms with Gasteiger partial charge in [0.1, 0.15) is 23.0 Å². The average molecular weight is 795 g/mol. The van der Waals surface area contributed by atoms with Gasteiger partial charge in [-0.3, -0.25) is 24.1 Å². The molecule has 0 unspecified atom stereocenters. The Morgan fingerprint density at radius 2 is 0.862 bits per heavy atom. The van der Waals surface area contributed by atoms with Crippen LogP contribution in [0.3, 0.4) is 0 Å². The van der Waals surface area contributed by atoms with E-state index in [0.29, 0.717) is 34.1 Å². The summed E-state index contributed by atoms with van der Waals surface area (Å²) in [7, 11) is -2.32. The van der Waals surface area contributed by atoms with E-state index in [4.69, 9.17) is 9.47 Å². The SMILES string of the molecule is C.C.Cc1ccc(S(=O)(=O)c2ccc(N3C(=O)c4ccc(Oc5ccc(C(C)(C)c6ccc(Oc7ccc8c(c7)C(=O)N(C)C8=O)cc6)cc5)cc4C3=O)cc2)cc1. The van der Waals surface area contributed by atoms with Gasteiger partial charge in [0.2, 0.25) is 9.84 Å². The predicted molar refractivity (Wildman–Crippen MR) is 222 cm³/mol. The summed E-state index contributed by atoms with van der Waals surface area (Å²) in [5.41, 5.74) is 3.93. The van der Waals surface area contributed by atoms with Gasteiger partial charge in [-0.25, -0.2) is 13.3 Å². The topological polar surface area (TPSA) is 127 Å². The highest BCUT2D eigenvalue weighted by molar-refractivity contribution is 7.91.